The molecule has 0 aliphatic rings. The van der Waals surface area contributed by atoms with Crippen LogP contribution in [0.4, 0.5) is 11.4 Å². The fourth-order valence-corrected chi connectivity index (χ4v) is 3.94. The fraction of sp³-hybridized carbons (Fsp3) is 0.263. The van der Waals surface area contributed by atoms with E-state index in [0.717, 1.165) is 10.6 Å². The summed E-state index contributed by atoms with van der Waals surface area (Å²) in [4.78, 5) is 24.9. The predicted octanol–water partition coefficient (Wildman–Crippen LogP) is 1.49. The van der Waals surface area contributed by atoms with E-state index in [4.69, 9.17) is 4.74 Å². The lowest BCUT2D eigenvalue weighted by Gasteiger charge is -2.16. The van der Waals surface area contributed by atoms with Gasteiger partial charge in [-0.05, 0) is 37.3 Å². The number of amides is 1. The Morgan fingerprint density at radius 3 is 2.26 bits per heavy atom. The molecule has 0 aliphatic carbocycles. The minimum Gasteiger partial charge on any atom is -0.449 e. The summed E-state index contributed by atoms with van der Waals surface area (Å²) in [5.41, 5.74) is 0.158. The average molecular weight is 470 g/mol. The summed E-state index contributed by atoms with van der Waals surface area (Å²) in [5.74, 6) is -1.60. The molecule has 1 atom stereocenters. The second-order valence-corrected chi connectivity index (χ2v) is 10.7. The zero-order valence-electron chi connectivity index (χ0n) is 17.3. The number of nitrogens with one attached hydrogen (secondary N) is 2. The number of nitrogens with zero attached hydrogens (tertiary/aromatic N) is 1. The maximum atomic E-state index is 12.5. The van der Waals surface area contributed by atoms with Crippen molar-refractivity contribution in [3.05, 3.63) is 54.1 Å². The molecule has 0 saturated heterocycles. The van der Waals surface area contributed by atoms with Crippen molar-refractivity contribution in [3.8, 4) is 0 Å². The molecule has 0 saturated carbocycles. The summed E-state index contributed by atoms with van der Waals surface area (Å²) in [5, 5.41) is 2.49. The van der Waals surface area contributed by atoms with Gasteiger partial charge in [0.2, 0.25) is 20.0 Å². The van der Waals surface area contributed by atoms with Crippen molar-refractivity contribution >= 4 is 43.3 Å². The average Bonchev–Trinajstić information content (AvgIpc) is 2.67. The molecule has 0 unspecified atom stereocenters. The number of ether oxygens (including phenoxy) is 1. The van der Waals surface area contributed by atoms with Crippen molar-refractivity contribution in [2.24, 2.45) is 0 Å². The fourth-order valence-electron chi connectivity index (χ4n) is 2.42. The van der Waals surface area contributed by atoms with Crippen LogP contribution >= 0.6 is 0 Å². The van der Waals surface area contributed by atoms with Crippen LogP contribution in [0.2, 0.25) is 0 Å². The largest absolute Gasteiger partial charge is 0.449 e. The molecule has 2 aromatic carbocycles. The first kappa shape index (κ1) is 24.3. The molecule has 0 aliphatic heterocycles. The van der Waals surface area contributed by atoms with E-state index in [0.29, 0.717) is 0 Å². The molecular weight excluding hydrogens is 446 g/mol. The van der Waals surface area contributed by atoms with Crippen molar-refractivity contribution < 1.29 is 31.2 Å². The molecule has 2 rings (SSSR count). The third-order valence-corrected chi connectivity index (χ3v) is 6.38. The molecule has 0 spiro atoms. The Morgan fingerprint density at radius 1 is 1.00 bits per heavy atom. The van der Waals surface area contributed by atoms with Crippen molar-refractivity contribution in [1.82, 2.24) is 4.31 Å². The van der Waals surface area contributed by atoms with Crippen LogP contribution in [-0.4, -0.2) is 59.5 Å². The number of sulfonamides is 2. The Morgan fingerprint density at radius 2 is 1.65 bits per heavy atom. The van der Waals surface area contributed by atoms with E-state index >= 15 is 0 Å². The van der Waals surface area contributed by atoms with Crippen LogP contribution in [-0.2, 0) is 29.6 Å². The van der Waals surface area contributed by atoms with E-state index in [1.165, 1.54) is 69.6 Å². The Bertz CT molecular complexity index is 1190. The first-order valence-corrected chi connectivity index (χ1v) is 12.3. The summed E-state index contributed by atoms with van der Waals surface area (Å²) in [6, 6.07) is 11.4. The Hall–Kier alpha value is -2.96. The molecule has 12 heteroatoms. The van der Waals surface area contributed by atoms with E-state index < -0.39 is 38.0 Å². The topological polar surface area (TPSA) is 139 Å². The molecule has 31 heavy (non-hydrogen) atoms. The number of anilines is 2. The molecule has 2 aromatic rings. The maximum absolute atomic E-state index is 12.5. The molecule has 0 heterocycles. The zero-order valence-corrected chi connectivity index (χ0v) is 19.0. The molecule has 0 radical (unpaired) electrons. The Kier molecular flexibility index (Phi) is 7.41. The van der Waals surface area contributed by atoms with Gasteiger partial charge in [0.15, 0.2) is 6.10 Å². The van der Waals surface area contributed by atoms with Gasteiger partial charge in [-0.25, -0.2) is 25.9 Å². The standard InChI is InChI=1S/C19H23N3O7S2/c1-13(29-19(24)16-10-5-6-11-17(16)21-30(4,25)26)18(23)20-14-8-7-9-15(12-14)31(27,28)22(2)3/h5-13,21H,1-4H3,(H,20,23)/t13-/m0/s1. The van der Waals surface area contributed by atoms with Gasteiger partial charge in [-0.1, -0.05) is 18.2 Å². The number of benzene rings is 2. The number of para-hydroxylation sites is 1. The minimum atomic E-state index is -3.69. The highest BCUT2D eigenvalue weighted by Crippen LogP contribution is 2.20. The molecule has 0 aromatic heterocycles. The number of rotatable bonds is 8. The van der Waals surface area contributed by atoms with Crippen LogP contribution in [0.1, 0.15) is 17.3 Å². The van der Waals surface area contributed by atoms with Gasteiger partial charge in [-0.15, -0.1) is 0 Å². The lowest BCUT2D eigenvalue weighted by atomic mass is 10.2. The normalized spacial score (nSPS) is 12.8. The minimum absolute atomic E-state index is 0.0132. The summed E-state index contributed by atoms with van der Waals surface area (Å²) in [6.45, 7) is 1.33. The number of carbonyl (C=O) groups is 2. The molecule has 2 N–H and O–H groups in total. The SMILES string of the molecule is C[C@H](OC(=O)c1ccccc1NS(C)(=O)=O)C(=O)Nc1cccc(S(=O)(=O)N(C)C)c1. The van der Waals surface area contributed by atoms with Crippen molar-refractivity contribution in [3.63, 3.8) is 0 Å². The first-order valence-electron chi connectivity index (χ1n) is 8.92. The van der Waals surface area contributed by atoms with Crippen LogP contribution < -0.4 is 10.0 Å². The van der Waals surface area contributed by atoms with Crippen molar-refractivity contribution in [2.45, 2.75) is 17.9 Å². The highest BCUT2D eigenvalue weighted by molar-refractivity contribution is 7.92. The summed E-state index contributed by atoms with van der Waals surface area (Å²) >= 11 is 0. The highest BCUT2D eigenvalue weighted by Gasteiger charge is 2.23. The van der Waals surface area contributed by atoms with Gasteiger partial charge in [-0.3, -0.25) is 9.52 Å². The predicted molar refractivity (Wildman–Crippen MR) is 116 cm³/mol. The summed E-state index contributed by atoms with van der Waals surface area (Å²) in [7, 11) is -4.55. The monoisotopic (exact) mass is 469 g/mol. The van der Waals surface area contributed by atoms with Crippen LogP contribution in [0.3, 0.4) is 0 Å². The van der Waals surface area contributed by atoms with Crippen LogP contribution in [0, 0.1) is 0 Å². The maximum Gasteiger partial charge on any atom is 0.341 e. The molecular formula is C19H23N3O7S2. The number of hydrogen-bond donors (Lipinski definition) is 2. The Balaban J connectivity index is 2.13. The zero-order chi connectivity index (χ0) is 23.4. The number of carbonyl (C=O) groups excluding carboxylic acids is 2. The third kappa shape index (κ3) is 6.51. The van der Waals surface area contributed by atoms with Gasteiger partial charge < -0.3 is 10.1 Å². The van der Waals surface area contributed by atoms with Gasteiger partial charge in [0.1, 0.15) is 0 Å². The van der Waals surface area contributed by atoms with Gasteiger partial charge in [-0.2, -0.15) is 0 Å². The first-order chi connectivity index (χ1) is 14.3. The van der Waals surface area contributed by atoms with Crippen molar-refractivity contribution in [1.29, 1.82) is 0 Å². The van der Waals surface area contributed by atoms with Gasteiger partial charge >= 0.3 is 5.97 Å². The third-order valence-electron chi connectivity index (χ3n) is 3.98. The van der Waals surface area contributed by atoms with Crippen LogP contribution in [0.25, 0.3) is 0 Å². The van der Waals surface area contributed by atoms with Crippen LogP contribution in [0.15, 0.2) is 53.4 Å². The van der Waals surface area contributed by atoms with Crippen LogP contribution in [0.5, 0.6) is 0 Å². The smallest absolute Gasteiger partial charge is 0.341 e. The van der Waals surface area contributed by atoms with Crippen molar-refractivity contribution in [2.75, 3.05) is 30.4 Å². The lowest BCUT2D eigenvalue weighted by molar-refractivity contribution is -0.123. The summed E-state index contributed by atoms with van der Waals surface area (Å²) < 4.78 is 55.8. The van der Waals surface area contributed by atoms with Gasteiger partial charge in [0.05, 0.1) is 22.4 Å². The number of hydrogen-bond acceptors (Lipinski definition) is 7. The molecule has 0 fully saturated rings. The molecule has 168 valence electrons. The molecule has 0 bridgehead atoms. The quantitative estimate of drug-likeness (QED) is 0.559. The Labute approximate surface area is 181 Å². The van der Waals surface area contributed by atoms with E-state index in [9.17, 15) is 26.4 Å². The molecule has 10 nitrogen and oxygen atoms in total. The van der Waals surface area contributed by atoms with Gasteiger partial charge in [0.25, 0.3) is 5.91 Å². The molecule has 1 amide bonds. The second kappa shape index (κ2) is 9.45. The highest BCUT2D eigenvalue weighted by atomic mass is 32.2. The number of esters is 1. The van der Waals surface area contributed by atoms with E-state index in [1.54, 1.807) is 0 Å². The van der Waals surface area contributed by atoms with E-state index in [1.807, 2.05) is 0 Å². The lowest BCUT2D eigenvalue weighted by Crippen LogP contribution is -2.30. The van der Waals surface area contributed by atoms with Gasteiger partial charge in [0, 0.05) is 19.8 Å². The second-order valence-electron chi connectivity index (χ2n) is 6.77. The summed E-state index contributed by atoms with van der Waals surface area (Å²) in [6.07, 6.45) is -0.302. The van der Waals surface area contributed by atoms with E-state index in [-0.39, 0.29) is 21.8 Å². The van der Waals surface area contributed by atoms with E-state index in [2.05, 4.69) is 10.0 Å².